The number of halogens is 1. The van der Waals surface area contributed by atoms with Crippen LogP contribution < -0.4 is 10.1 Å². The smallest absolute Gasteiger partial charge is 0.296 e. The van der Waals surface area contributed by atoms with E-state index in [1.807, 2.05) is 0 Å². The maximum absolute atomic E-state index is 12.8. The van der Waals surface area contributed by atoms with Gasteiger partial charge in [0.1, 0.15) is 11.6 Å². The van der Waals surface area contributed by atoms with Crippen molar-refractivity contribution in [3.05, 3.63) is 59.9 Å². The zero-order chi connectivity index (χ0) is 14.5. The van der Waals surface area contributed by atoms with Crippen LogP contribution in [0.1, 0.15) is 10.4 Å². The first kappa shape index (κ1) is 13.7. The van der Waals surface area contributed by atoms with Crippen LogP contribution in [0.3, 0.4) is 0 Å². The fourth-order valence-electron chi connectivity index (χ4n) is 1.62. The Morgan fingerprint density at radius 2 is 1.80 bits per heavy atom. The number of hydrogen-bond donors (Lipinski definition) is 1. The van der Waals surface area contributed by atoms with E-state index >= 15 is 0 Å². The highest BCUT2D eigenvalue weighted by molar-refractivity contribution is 6.46. The van der Waals surface area contributed by atoms with Crippen molar-refractivity contribution in [1.29, 1.82) is 0 Å². The molecule has 0 unspecified atom stereocenters. The van der Waals surface area contributed by atoms with Crippen LogP contribution in [0.5, 0.6) is 5.75 Å². The molecule has 1 N–H and O–H groups in total. The number of anilines is 1. The van der Waals surface area contributed by atoms with E-state index in [2.05, 4.69) is 5.32 Å². The summed E-state index contributed by atoms with van der Waals surface area (Å²) in [6, 6.07) is 11.4. The maximum Gasteiger partial charge on any atom is 0.296 e. The van der Waals surface area contributed by atoms with Crippen molar-refractivity contribution >= 4 is 17.4 Å². The van der Waals surface area contributed by atoms with E-state index in [0.29, 0.717) is 11.4 Å². The Hall–Kier alpha value is -2.69. The molecule has 20 heavy (non-hydrogen) atoms. The van der Waals surface area contributed by atoms with Crippen LogP contribution in [-0.2, 0) is 4.79 Å². The molecule has 0 heterocycles. The molecule has 0 aliphatic carbocycles. The fourth-order valence-corrected chi connectivity index (χ4v) is 1.62. The Kier molecular flexibility index (Phi) is 4.10. The first-order chi connectivity index (χ1) is 9.60. The van der Waals surface area contributed by atoms with E-state index in [4.69, 9.17) is 4.74 Å². The summed E-state index contributed by atoms with van der Waals surface area (Å²) in [4.78, 5) is 23.7. The van der Waals surface area contributed by atoms with Crippen LogP contribution in [0, 0.1) is 5.82 Å². The second-order valence-corrected chi connectivity index (χ2v) is 4.02. The summed E-state index contributed by atoms with van der Waals surface area (Å²) in [7, 11) is 1.50. The zero-order valence-electron chi connectivity index (χ0n) is 10.7. The molecule has 2 aromatic rings. The third-order valence-electron chi connectivity index (χ3n) is 2.64. The number of carbonyl (C=O) groups is 2. The van der Waals surface area contributed by atoms with E-state index in [1.54, 1.807) is 24.3 Å². The predicted octanol–water partition coefficient (Wildman–Crippen LogP) is 2.66. The molecule has 0 saturated carbocycles. The number of amides is 1. The lowest BCUT2D eigenvalue weighted by atomic mass is 10.1. The minimum absolute atomic E-state index is 0.131. The minimum atomic E-state index is -0.787. The standard InChI is InChI=1S/C15H12FNO3/c1-20-13-4-2-3-12(9-13)17-15(19)14(18)10-5-7-11(16)8-6-10/h2-9H,1H3,(H,17,19). The van der Waals surface area contributed by atoms with Crippen molar-refractivity contribution in [2.45, 2.75) is 0 Å². The van der Waals surface area contributed by atoms with Crippen molar-refractivity contribution in [2.24, 2.45) is 0 Å². The highest BCUT2D eigenvalue weighted by atomic mass is 19.1. The van der Waals surface area contributed by atoms with E-state index in [9.17, 15) is 14.0 Å². The third kappa shape index (κ3) is 3.20. The molecule has 0 fully saturated rings. The molecule has 5 heteroatoms. The van der Waals surface area contributed by atoms with Crippen molar-refractivity contribution in [3.8, 4) is 5.75 Å². The van der Waals surface area contributed by atoms with Crippen molar-refractivity contribution in [1.82, 2.24) is 0 Å². The van der Waals surface area contributed by atoms with Gasteiger partial charge in [-0.3, -0.25) is 9.59 Å². The van der Waals surface area contributed by atoms with E-state index in [-0.39, 0.29) is 5.56 Å². The SMILES string of the molecule is COc1cccc(NC(=O)C(=O)c2ccc(F)cc2)c1. The van der Waals surface area contributed by atoms with Crippen molar-refractivity contribution < 1.29 is 18.7 Å². The van der Waals surface area contributed by atoms with Gasteiger partial charge in [0.2, 0.25) is 0 Å². The monoisotopic (exact) mass is 273 g/mol. The van der Waals surface area contributed by atoms with Gasteiger partial charge in [0.25, 0.3) is 11.7 Å². The van der Waals surface area contributed by atoms with Crippen LogP contribution in [0.2, 0.25) is 0 Å². The quantitative estimate of drug-likeness (QED) is 0.688. The summed E-state index contributed by atoms with van der Waals surface area (Å²) in [5.41, 5.74) is 0.580. The van der Waals surface area contributed by atoms with E-state index in [0.717, 1.165) is 12.1 Å². The largest absolute Gasteiger partial charge is 0.497 e. The Morgan fingerprint density at radius 1 is 1.10 bits per heavy atom. The summed E-state index contributed by atoms with van der Waals surface area (Å²) >= 11 is 0. The van der Waals surface area contributed by atoms with Gasteiger partial charge in [0.15, 0.2) is 0 Å². The van der Waals surface area contributed by atoms with Crippen LogP contribution in [0.15, 0.2) is 48.5 Å². The number of ketones is 1. The summed E-state index contributed by atoms with van der Waals surface area (Å²) in [6.07, 6.45) is 0. The predicted molar refractivity (Wildman–Crippen MR) is 72.4 cm³/mol. The molecule has 4 nitrogen and oxygen atoms in total. The highest BCUT2D eigenvalue weighted by Crippen LogP contribution is 2.17. The molecule has 102 valence electrons. The summed E-state index contributed by atoms with van der Waals surface area (Å²) in [5.74, 6) is -1.41. The zero-order valence-corrected chi connectivity index (χ0v) is 10.7. The number of carbonyl (C=O) groups excluding carboxylic acids is 2. The number of hydrogen-bond acceptors (Lipinski definition) is 3. The van der Waals surface area contributed by atoms with Gasteiger partial charge in [-0.1, -0.05) is 6.07 Å². The van der Waals surface area contributed by atoms with Gasteiger partial charge >= 0.3 is 0 Å². The van der Waals surface area contributed by atoms with Gasteiger partial charge < -0.3 is 10.1 Å². The van der Waals surface area contributed by atoms with Gasteiger partial charge in [-0.25, -0.2) is 4.39 Å². The van der Waals surface area contributed by atoms with Crippen molar-refractivity contribution in [2.75, 3.05) is 12.4 Å². The van der Waals surface area contributed by atoms with Crippen LogP contribution in [0.25, 0.3) is 0 Å². The second-order valence-electron chi connectivity index (χ2n) is 4.02. The highest BCUT2D eigenvalue weighted by Gasteiger charge is 2.16. The lowest BCUT2D eigenvalue weighted by Crippen LogP contribution is -2.22. The third-order valence-corrected chi connectivity index (χ3v) is 2.64. The first-order valence-corrected chi connectivity index (χ1v) is 5.85. The molecule has 0 atom stereocenters. The number of Topliss-reactive ketones (excluding diaryl/α,β-unsaturated/α-hetero) is 1. The van der Waals surface area contributed by atoms with E-state index < -0.39 is 17.5 Å². The van der Waals surface area contributed by atoms with Crippen molar-refractivity contribution in [3.63, 3.8) is 0 Å². The Balaban J connectivity index is 2.11. The molecule has 0 aliphatic heterocycles. The molecule has 0 radical (unpaired) electrons. The Bertz CT molecular complexity index is 638. The lowest BCUT2D eigenvalue weighted by Gasteiger charge is -2.06. The maximum atomic E-state index is 12.8. The molecule has 0 saturated heterocycles. The normalized spacial score (nSPS) is 9.90. The van der Waals surface area contributed by atoms with Gasteiger partial charge in [-0.05, 0) is 36.4 Å². The molecular weight excluding hydrogens is 261 g/mol. The first-order valence-electron chi connectivity index (χ1n) is 5.85. The number of nitrogens with one attached hydrogen (secondary N) is 1. The average Bonchev–Trinajstić information content (AvgIpc) is 2.47. The number of ether oxygens (including phenoxy) is 1. The molecular formula is C15H12FNO3. The minimum Gasteiger partial charge on any atom is -0.497 e. The molecule has 0 aromatic heterocycles. The summed E-state index contributed by atoms with van der Waals surface area (Å²) < 4.78 is 17.8. The van der Waals surface area contributed by atoms with Gasteiger partial charge in [0.05, 0.1) is 7.11 Å². The molecule has 0 bridgehead atoms. The molecule has 1 amide bonds. The summed E-state index contributed by atoms with van der Waals surface area (Å²) in [5, 5.41) is 2.47. The summed E-state index contributed by atoms with van der Waals surface area (Å²) in [6.45, 7) is 0. The van der Waals surface area contributed by atoms with Gasteiger partial charge in [-0.15, -0.1) is 0 Å². The lowest BCUT2D eigenvalue weighted by molar-refractivity contribution is -0.112. The number of methoxy groups -OCH3 is 1. The average molecular weight is 273 g/mol. The van der Waals surface area contributed by atoms with Crippen LogP contribution in [-0.4, -0.2) is 18.8 Å². The van der Waals surface area contributed by atoms with Crippen LogP contribution in [0.4, 0.5) is 10.1 Å². The van der Waals surface area contributed by atoms with E-state index in [1.165, 1.54) is 19.2 Å². The van der Waals surface area contributed by atoms with Gasteiger partial charge in [-0.2, -0.15) is 0 Å². The van der Waals surface area contributed by atoms with Gasteiger partial charge in [0, 0.05) is 17.3 Å². The fraction of sp³-hybridized carbons (Fsp3) is 0.0667. The molecule has 2 aromatic carbocycles. The Labute approximate surface area is 115 Å². The molecule has 2 rings (SSSR count). The molecule has 0 aliphatic rings. The molecule has 0 spiro atoms. The second kappa shape index (κ2) is 5.97. The number of benzene rings is 2. The Morgan fingerprint density at radius 3 is 2.45 bits per heavy atom. The topological polar surface area (TPSA) is 55.4 Å². The number of rotatable bonds is 4. The van der Waals surface area contributed by atoms with Crippen LogP contribution >= 0.6 is 0 Å².